The molecule has 7 nitrogen and oxygen atoms in total. The van der Waals surface area contributed by atoms with Gasteiger partial charge >= 0.3 is 5.97 Å². The monoisotopic (exact) mass is 407 g/mol. The van der Waals surface area contributed by atoms with Gasteiger partial charge in [-0.2, -0.15) is 0 Å². The Morgan fingerprint density at radius 1 is 1.36 bits per heavy atom. The molecule has 0 bridgehead atoms. The van der Waals surface area contributed by atoms with Crippen molar-refractivity contribution in [2.75, 3.05) is 26.9 Å². The number of nitrogens with zero attached hydrogens (tertiary/aromatic N) is 1. The Balaban J connectivity index is 2.07. The molecule has 0 radical (unpaired) electrons. The molecule has 0 fully saturated rings. The fraction of sp³-hybridized carbons (Fsp3) is 0.400. The molecule has 28 heavy (non-hydrogen) atoms. The van der Waals surface area contributed by atoms with Crippen molar-refractivity contribution in [1.82, 2.24) is 4.57 Å². The maximum atomic E-state index is 12.3. The molecule has 0 saturated heterocycles. The lowest BCUT2D eigenvalue weighted by Crippen LogP contribution is -2.22. The second-order valence-corrected chi connectivity index (χ2v) is 6.90. The number of aromatic carboxylic acids is 1. The number of methoxy groups -OCH3 is 1. The summed E-state index contributed by atoms with van der Waals surface area (Å²) in [7, 11) is 1.63. The number of benzene rings is 1. The summed E-state index contributed by atoms with van der Waals surface area (Å²) in [6, 6.07) is 4.61. The number of pyridine rings is 1. The van der Waals surface area contributed by atoms with Gasteiger partial charge in [0, 0.05) is 44.0 Å². The van der Waals surface area contributed by atoms with Gasteiger partial charge in [0.25, 0.3) is 0 Å². The third-order valence-electron chi connectivity index (χ3n) is 4.67. The molecule has 0 saturated carbocycles. The Morgan fingerprint density at radius 3 is 2.82 bits per heavy atom. The van der Waals surface area contributed by atoms with Gasteiger partial charge in [0.15, 0.2) is 5.43 Å². The van der Waals surface area contributed by atoms with Crippen molar-refractivity contribution >= 4 is 17.6 Å². The highest BCUT2D eigenvalue weighted by atomic mass is 35.5. The average molecular weight is 408 g/mol. The summed E-state index contributed by atoms with van der Waals surface area (Å²) < 4.78 is 18.5. The minimum atomic E-state index is -1.25. The Hall–Kier alpha value is -2.51. The lowest BCUT2D eigenvalue weighted by molar-refractivity contribution is 0.0694. The van der Waals surface area contributed by atoms with Crippen molar-refractivity contribution < 1.29 is 24.1 Å². The molecule has 0 spiro atoms. The van der Waals surface area contributed by atoms with Crippen molar-refractivity contribution in [2.24, 2.45) is 0 Å². The first kappa shape index (κ1) is 20.2. The van der Waals surface area contributed by atoms with Gasteiger partial charge < -0.3 is 23.9 Å². The fourth-order valence-corrected chi connectivity index (χ4v) is 3.38. The van der Waals surface area contributed by atoms with Crippen LogP contribution in [0.1, 0.15) is 36.2 Å². The van der Waals surface area contributed by atoms with Crippen LogP contribution < -0.4 is 14.9 Å². The minimum absolute atomic E-state index is 0.119. The number of fused-ring (bicyclic) bond motifs is 3. The van der Waals surface area contributed by atoms with E-state index >= 15 is 0 Å². The Bertz CT molecular complexity index is 939. The van der Waals surface area contributed by atoms with E-state index in [1.54, 1.807) is 23.8 Å². The van der Waals surface area contributed by atoms with Crippen molar-refractivity contribution in [1.29, 1.82) is 0 Å². The van der Waals surface area contributed by atoms with Gasteiger partial charge in [-0.15, -0.1) is 0 Å². The Kier molecular flexibility index (Phi) is 6.26. The highest BCUT2D eigenvalue weighted by Crippen LogP contribution is 2.41. The van der Waals surface area contributed by atoms with Crippen LogP contribution in [0.15, 0.2) is 29.2 Å². The zero-order valence-corrected chi connectivity index (χ0v) is 16.5. The van der Waals surface area contributed by atoms with E-state index in [-0.39, 0.29) is 11.6 Å². The molecule has 1 aliphatic heterocycles. The van der Waals surface area contributed by atoms with Crippen molar-refractivity contribution in [2.45, 2.75) is 25.8 Å². The summed E-state index contributed by atoms with van der Waals surface area (Å²) in [4.78, 5) is 23.7. The van der Waals surface area contributed by atoms with Gasteiger partial charge in [0.05, 0.1) is 23.4 Å². The molecule has 2 heterocycles. The third kappa shape index (κ3) is 4.00. The van der Waals surface area contributed by atoms with E-state index in [1.165, 1.54) is 12.3 Å². The number of hydrogen-bond acceptors (Lipinski definition) is 5. The minimum Gasteiger partial charge on any atom is -0.492 e. The zero-order valence-electron chi connectivity index (χ0n) is 15.7. The molecule has 1 aliphatic rings. The van der Waals surface area contributed by atoms with Crippen LogP contribution in [-0.4, -0.2) is 42.6 Å². The van der Waals surface area contributed by atoms with E-state index in [2.05, 4.69) is 0 Å². The van der Waals surface area contributed by atoms with Crippen LogP contribution in [0.4, 0.5) is 0 Å². The second kappa shape index (κ2) is 8.67. The van der Waals surface area contributed by atoms with E-state index in [9.17, 15) is 14.7 Å². The number of rotatable bonds is 7. The molecule has 1 aromatic carbocycles. The quantitative estimate of drug-likeness (QED) is 0.705. The Labute approximate surface area is 167 Å². The average Bonchev–Trinajstić information content (AvgIpc) is 2.81. The number of carbonyl (C=O) groups is 1. The number of halogens is 1. The first-order chi connectivity index (χ1) is 13.5. The molecular weight excluding hydrogens is 386 g/mol. The highest BCUT2D eigenvalue weighted by Gasteiger charge is 2.25. The van der Waals surface area contributed by atoms with Gasteiger partial charge in [0.1, 0.15) is 23.7 Å². The Morgan fingerprint density at radius 2 is 2.14 bits per heavy atom. The fourth-order valence-electron chi connectivity index (χ4n) is 3.16. The number of aromatic nitrogens is 1. The highest BCUT2D eigenvalue weighted by molar-refractivity contribution is 6.32. The first-order valence-electron chi connectivity index (χ1n) is 9.04. The van der Waals surface area contributed by atoms with Crippen LogP contribution in [0.2, 0.25) is 5.02 Å². The SMILES string of the molecule is CCC1COc2cc(OCCCOC)c(Cl)cc2-c2cc(=O)c(C(=O)O)cn21. The normalized spacial score (nSPS) is 15.2. The van der Waals surface area contributed by atoms with E-state index in [4.69, 9.17) is 25.8 Å². The molecule has 8 heteroatoms. The number of ether oxygens (including phenoxy) is 3. The van der Waals surface area contributed by atoms with Crippen molar-refractivity contribution in [3.05, 3.63) is 45.2 Å². The maximum Gasteiger partial charge on any atom is 0.341 e. The molecule has 3 rings (SSSR count). The molecule has 0 aliphatic carbocycles. The summed E-state index contributed by atoms with van der Waals surface area (Å²) in [5.74, 6) is -0.223. The van der Waals surface area contributed by atoms with Crippen LogP contribution in [0, 0.1) is 0 Å². The van der Waals surface area contributed by atoms with Crippen LogP contribution in [0.25, 0.3) is 11.3 Å². The summed E-state index contributed by atoms with van der Waals surface area (Å²) in [6.07, 6.45) is 2.81. The molecule has 1 aromatic heterocycles. The number of carboxylic acids is 1. The molecule has 0 amide bonds. The predicted octanol–water partition coefficient (Wildman–Crippen LogP) is 3.63. The summed E-state index contributed by atoms with van der Waals surface area (Å²) in [6.45, 7) is 3.34. The number of carboxylic acid groups (broad SMARTS) is 1. The largest absolute Gasteiger partial charge is 0.492 e. The van der Waals surface area contributed by atoms with Gasteiger partial charge in [-0.1, -0.05) is 18.5 Å². The van der Waals surface area contributed by atoms with Crippen LogP contribution in [0.3, 0.4) is 0 Å². The van der Waals surface area contributed by atoms with Crippen LogP contribution in [0.5, 0.6) is 11.5 Å². The standard InChI is InChI=1S/C20H22ClNO6/c1-3-12-11-28-18-9-19(27-6-4-5-26-2)15(21)7-13(18)16-8-17(23)14(20(24)25)10-22(12)16/h7-10,12H,3-6,11H2,1-2H3,(H,24,25). The van der Waals surface area contributed by atoms with Gasteiger partial charge in [-0.25, -0.2) is 4.79 Å². The van der Waals surface area contributed by atoms with E-state index < -0.39 is 11.4 Å². The molecular formula is C20H22ClNO6. The summed E-state index contributed by atoms with van der Waals surface area (Å²) in [5, 5.41) is 9.69. The third-order valence-corrected chi connectivity index (χ3v) is 4.96. The van der Waals surface area contributed by atoms with Gasteiger partial charge in [-0.3, -0.25) is 4.79 Å². The second-order valence-electron chi connectivity index (χ2n) is 6.50. The lowest BCUT2D eigenvalue weighted by Gasteiger charge is -2.19. The summed E-state index contributed by atoms with van der Waals surface area (Å²) in [5.41, 5.74) is 0.369. The van der Waals surface area contributed by atoms with E-state index in [1.807, 2.05) is 6.92 Å². The topological polar surface area (TPSA) is 87.0 Å². The zero-order chi connectivity index (χ0) is 20.3. The van der Waals surface area contributed by atoms with Crippen LogP contribution in [-0.2, 0) is 4.74 Å². The smallest absolute Gasteiger partial charge is 0.341 e. The predicted molar refractivity (Wildman–Crippen MR) is 105 cm³/mol. The van der Waals surface area contributed by atoms with Crippen LogP contribution >= 0.6 is 11.6 Å². The van der Waals surface area contributed by atoms with Gasteiger partial charge in [-0.05, 0) is 12.5 Å². The first-order valence-corrected chi connectivity index (χ1v) is 9.42. The molecule has 1 unspecified atom stereocenters. The van der Waals surface area contributed by atoms with Crippen molar-refractivity contribution in [3.63, 3.8) is 0 Å². The molecule has 1 N–H and O–H groups in total. The molecule has 2 aromatic rings. The molecule has 150 valence electrons. The number of hydrogen-bond donors (Lipinski definition) is 1. The van der Waals surface area contributed by atoms with E-state index in [0.29, 0.717) is 54.0 Å². The van der Waals surface area contributed by atoms with E-state index in [0.717, 1.165) is 6.42 Å². The molecule has 1 atom stereocenters. The maximum absolute atomic E-state index is 12.3. The lowest BCUT2D eigenvalue weighted by atomic mass is 10.1. The summed E-state index contributed by atoms with van der Waals surface area (Å²) >= 11 is 6.39. The van der Waals surface area contributed by atoms with Gasteiger partial charge in [0.2, 0.25) is 0 Å². The van der Waals surface area contributed by atoms with Crippen molar-refractivity contribution in [3.8, 4) is 22.8 Å².